The number of rotatable bonds is 3. The lowest BCUT2D eigenvalue weighted by atomic mass is 9.96. The van der Waals surface area contributed by atoms with Gasteiger partial charge in [0.05, 0.1) is 5.92 Å². The summed E-state index contributed by atoms with van der Waals surface area (Å²) in [6.07, 6.45) is 0.744. The van der Waals surface area contributed by atoms with Crippen LogP contribution in [-0.4, -0.2) is 35.9 Å². The second-order valence-electron chi connectivity index (χ2n) is 7.95. The minimum atomic E-state index is -0.541. The number of amides is 1. The normalized spacial score (nSPS) is 25.7. The molecule has 1 amide bonds. The van der Waals surface area contributed by atoms with Gasteiger partial charge in [-0.25, -0.2) is 4.79 Å². The Labute approximate surface area is 133 Å². The molecule has 6 nitrogen and oxygen atoms in total. The van der Waals surface area contributed by atoms with Crippen LogP contribution in [0, 0.1) is 11.8 Å². The largest absolute Gasteiger partial charge is 0.460 e. The molecule has 0 aromatic carbocycles. The van der Waals surface area contributed by atoms with Gasteiger partial charge in [0.2, 0.25) is 0 Å². The third-order valence-electron chi connectivity index (χ3n) is 3.43. The Hall–Kier alpha value is -1.30. The summed E-state index contributed by atoms with van der Waals surface area (Å²) in [5, 5.41) is 2.82. The minimum absolute atomic E-state index is 0.0230. The molecule has 3 N–H and O–H groups in total. The number of hydrogen-bond acceptors (Lipinski definition) is 5. The van der Waals surface area contributed by atoms with Gasteiger partial charge < -0.3 is 20.5 Å². The highest BCUT2D eigenvalue weighted by Crippen LogP contribution is 2.33. The number of ether oxygens (including phenoxy) is 2. The van der Waals surface area contributed by atoms with Crippen LogP contribution < -0.4 is 11.1 Å². The highest BCUT2D eigenvalue weighted by molar-refractivity contribution is 5.74. The lowest BCUT2D eigenvalue weighted by Crippen LogP contribution is -2.38. The highest BCUT2D eigenvalue weighted by Gasteiger charge is 2.41. The van der Waals surface area contributed by atoms with E-state index >= 15 is 0 Å². The summed E-state index contributed by atoms with van der Waals surface area (Å²) in [4.78, 5) is 24.1. The Balaban J connectivity index is 2.61. The van der Waals surface area contributed by atoms with Gasteiger partial charge in [-0.3, -0.25) is 4.79 Å². The molecule has 0 bridgehead atoms. The van der Waals surface area contributed by atoms with Gasteiger partial charge in [0.1, 0.15) is 11.2 Å². The first kappa shape index (κ1) is 18.7. The zero-order chi connectivity index (χ0) is 17.1. The van der Waals surface area contributed by atoms with Gasteiger partial charge in [-0.1, -0.05) is 0 Å². The first-order chi connectivity index (χ1) is 9.91. The van der Waals surface area contributed by atoms with Crippen LogP contribution in [0.5, 0.6) is 0 Å². The first-order valence-corrected chi connectivity index (χ1v) is 7.83. The summed E-state index contributed by atoms with van der Waals surface area (Å²) in [6.45, 7) is 11.4. The van der Waals surface area contributed by atoms with Crippen LogP contribution >= 0.6 is 0 Å². The topological polar surface area (TPSA) is 90.6 Å². The Bertz CT molecular complexity index is 409. The number of alkyl carbamates (subject to hydrolysis) is 1. The molecule has 0 aromatic rings. The van der Waals surface area contributed by atoms with E-state index in [0.29, 0.717) is 19.4 Å². The van der Waals surface area contributed by atoms with E-state index in [2.05, 4.69) is 5.32 Å². The molecule has 1 aliphatic rings. The molecule has 0 saturated heterocycles. The summed E-state index contributed by atoms with van der Waals surface area (Å²) in [5.74, 6) is -0.490. The molecular weight excluding hydrogens is 284 g/mol. The van der Waals surface area contributed by atoms with Crippen LogP contribution in [0.25, 0.3) is 0 Å². The number of nitrogens with one attached hydrogen (secondary N) is 1. The van der Waals surface area contributed by atoms with Crippen LogP contribution in [0.15, 0.2) is 0 Å². The molecular formula is C16H30N2O4. The fourth-order valence-electron chi connectivity index (χ4n) is 2.64. The molecule has 0 radical (unpaired) electrons. The molecule has 0 heterocycles. The number of carbonyl (C=O) groups is 2. The molecule has 22 heavy (non-hydrogen) atoms. The van der Waals surface area contributed by atoms with Crippen molar-refractivity contribution in [1.82, 2.24) is 5.32 Å². The second kappa shape index (κ2) is 6.86. The maximum atomic E-state index is 12.3. The molecule has 0 aromatic heterocycles. The molecule has 1 fully saturated rings. The van der Waals surface area contributed by atoms with Gasteiger partial charge >= 0.3 is 12.1 Å². The summed E-state index contributed by atoms with van der Waals surface area (Å²) >= 11 is 0. The minimum Gasteiger partial charge on any atom is -0.460 e. The van der Waals surface area contributed by atoms with Gasteiger partial charge in [-0.15, -0.1) is 0 Å². The van der Waals surface area contributed by atoms with Crippen LogP contribution in [0.1, 0.15) is 54.4 Å². The van der Waals surface area contributed by atoms with E-state index in [9.17, 15) is 9.59 Å². The van der Waals surface area contributed by atoms with Gasteiger partial charge in [-0.2, -0.15) is 0 Å². The van der Waals surface area contributed by atoms with Crippen molar-refractivity contribution < 1.29 is 19.1 Å². The van der Waals surface area contributed by atoms with Crippen molar-refractivity contribution in [3.63, 3.8) is 0 Å². The number of carbonyl (C=O) groups excluding carboxylic acids is 2. The smallest absolute Gasteiger partial charge is 0.407 e. The van der Waals surface area contributed by atoms with Crippen molar-refractivity contribution in [2.45, 2.75) is 71.6 Å². The van der Waals surface area contributed by atoms with E-state index in [-0.39, 0.29) is 23.8 Å². The van der Waals surface area contributed by atoms with E-state index < -0.39 is 17.3 Å². The molecule has 0 spiro atoms. The average Bonchev–Trinajstić information content (AvgIpc) is 2.66. The predicted molar refractivity (Wildman–Crippen MR) is 84.3 cm³/mol. The predicted octanol–water partition coefficient (Wildman–Crippen LogP) is 2.21. The Kier molecular flexibility index (Phi) is 5.84. The summed E-state index contributed by atoms with van der Waals surface area (Å²) in [6, 6.07) is -0.110. The van der Waals surface area contributed by atoms with E-state index in [1.165, 1.54) is 0 Å². The molecule has 1 rings (SSSR count). The number of esters is 1. The lowest BCUT2D eigenvalue weighted by molar-refractivity contribution is -0.161. The summed E-state index contributed by atoms with van der Waals surface area (Å²) in [7, 11) is 0. The van der Waals surface area contributed by atoms with Crippen LogP contribution in [0.3, 0.4) is 0 Å². The monoisotopic (exact) mass is 314 g/mol. The Morgan fingerprint density at radius 2 is 1.59 bits per heavy atom. The number of nitrogens with two attached hydrogens (primary N) is 1. The molecule has 3 atom stereocenters. The third kappa shape index (κ3) is 6.22. The zero-order valence-electron chi connectivity index (χ0n) is 14.6. The van der Waals surface area contributed by atoms with Crippen molar-refractivity contribution in [2.24, 2.45) is 17.6 Å². The van der Waals surface area contributed by atoms with Crippen molar-refractivity contribution in [3.8, 4) is 0 Å². The molecule has 0 aliphatic heterocycles. The maximum Gasteiger partial charge on any atom is 0.407 e. The van der Waals surface area contributed by atoms with Crippen LogP contribution in [-0.2, 0) is 14.3 Å². The fraction of sp³-hybridized carbons (Fsp3) is 0.875. The van der Waals surface area contributed by atoms with Gasteiger partial charge in [0, 0.05) is 6.04 Å². The average molecular weight is 314 g/mol. The molecule has 1 saturated carbocycles. The summed E-state index contributed by atoms with van der Waals surface area (Å²) in [5.41, 5.74) is 4.71. The SMILES string of the molecule is CC(C)(C)OC(=O)N[C@@H]1CC(C(=O)OC(C)(C)C)[C@H](CN)C1. The second-order valence-corrected chi connectivity index (χ2v) is 7.95. The molecule has 1 aliphatic carbocycles. The van der Waals surface area contributed by atoms with Crippen molar-refractivity contribution >= 4 is 12.1 Å². The molecule has 6 heteroatoms. The van der Waals surface area contributed by atoms with E-state index in [0.717, 1.165) is 0 Å². The fourth-order valence-corrected chi connectivity index (χ4v) is 2.64. The molecule has 128 valence electrons. The van der Waals surface area contributed by atoms with E-state index in [4.69, 9.17) is 15.2 Å². The van der Waals surface area contributed by atoms with Crippen molar-refractivity contribution in [1.29, 1.82) is 0 Å². The highest BCUT2D eigenvalue weighted by atomic mass is 16.6. The maximum absolute atomic E-state index is 12.3. The lowest BCUT2D eigenvalue weighted by Gasteiger charge is -2.24. The van der Waals surface area contributed by atoms with Gasteiger partial charge in [-0.05, 0) is 66.8 Å². The quantitative estimate of drug-likeness (QED) is 0.779. The Morgan fingerprint density at radius 1 is 1.05 bits per heavy atom. The van der Waals surface area contributed by atoms with Crippen LogP contribution in [0.4, 0.5) is 4.79 Å². The number of hydrogen-bond donors (Lipinski definition) is 2. The first-order valence-electron chi connectivity index (χ1n) is 7.83. The van der Waals surface area contributed by atoms with Crippen LogP contribution in [0.2, 0.25) is 0 Å². The van der Waals surface area contributed by atoms with Gasteiger partial charge in [0.25, 0.3) is 0 Å². The van der Waals surface area contributed by atoms with Crippen molar-refractivity contribution in [2.75, 3.05) is 6.54 Å². The van der Waals surface area contributed by atoms with E-state index in [1.54, 1.807) is 0 Å². The zero-order valence-corrected chi connectivity index (χ0v) is 14.6. The Morgan fingerprint density at radius 3 is 2.05 bits per heavy atom. The van der Waals surface area contributed by atoms with Crippen molar-refractivity contribution in [3.05, 3.63) is 0 Å². The summed E-state index contributed by atoms with van der Waals surface area (Å²) < 4.78 is 10.7. The standard InChI is InChI=1S/C16H30N2O4/c1-15(2,3)21-13(19)12-8-11(7-10(12)9-17)18-14(20)22-16(4,5)6/h10-12H,7-9,17H2,1-6H3,(H,18,20)/t10-,11-,12?/m0/s1. The van der Waals surface area contributed by atoms with Gasteiger partial charge in [0.15, 0.2) is 0 Å². The third-order valence-corrected chi connectivity index (χ3v) is 3.43. The van der Waals surface area contributed by atoms with E-state index in [1.807, 2.05) is 41.5 Å². The molecule has 1 unspecified atom stereocenters.